The third-order valence-electron chi connectivity index (χ3n) is 1.69. The maximum absolute atomic E-state index is 3.96. The normalized spacial score (nSPS) is 16.6. The molecule has 0 atom stereocenters. The fourth-order valence-electron chi connectivity index (χ4n) is 1.09. The first kappa shape index (κ1) is 15.6. The Bertz CT molecular complexity index is 265. The second kappa shape index (κ2) is 8.69. The van der Waals surface area contributed by atoms with Crippen LogP contribution in [0.15, 0.2) is 60.3 Å². The zero-order chi connectivity index (χ0) is 8.23. The predicted octanol–water partition coefficient (Wildman–Crippen LogP) is -2.88. The maximum atomic E-state index is 3.96. The molecule has 0 aliphatic carbocycles. The molecule has 0 spiro atoms. The van der Waals surface area contributed by atoms with E-state index in [4.69, 9.17) is 0 Å². The molecule has 0 saturated heterocycles. The third kappa shape index (κ3) is 4.61. The van der Waals surface area contributed by atoms with Crippen molar-refractivity contribution in [1.29, 1.82) is 0 Å². The summed E-state index contributed by atoms with van der Waals surface area (Å²) in [6.07, 6.45) is 15.1. The SMILES string of the molecule is C1=CC(=C2C=C[N-]C=C2)C=C[N-]1.[K+].[K+]. The van der Waals surface area contributed by atoms with Crippen molar-refractivity contribution in [2.24, 2.45) is 0 Å². The van der Waals surface area contributed by atoms with Crippen LogP contribution in [0.25, 0.3) is 10.6 Å². The van der Waals surface area contributed by atoms with E-state index in [1.807, 2.05) is 24.3 Å². The van der Waals surface area contributed by atoms with Gasteiger partial charge in [-0.1, -0.05) is 24.3 Å². The van der Waals surface area contributed by atoms with Gasteiger partial charge in [-0.25, -0.2) is 0 Å². The van der Waals surface area contributed by atoms with Gasteiger partial charge in [0.05, 0.1) is 0 Å². The molecule has 2 heterocycles. The van der Waals surface area contributed by atoms with Crippen LogP contribution >= 0.6 is 0 Å². The van der Waals surface area contributed by atoms with Crippen LogP contribution < -0.4 is 103 Å². The van der Waals surface area contributed by atoms with Crippen molar-refractivity contribution >= 4 is 0 Å². The molecule has 0 aromatic rings. The summed E-state index contributed by atoms with van der Waals surface area (Å²) in [7, 11) is 0. The molecule has 0 fully saturated rings. The second-order valence-electron chi connectivity index (χ2n) is 2.47. The topological polar surface area (TPSA) is 28.2 Å². The Kier molecular flexibility index (Phi) is 9.67. The minimum absolute atomic E-state index is 0. The first-order chi connectivity index (χ1) is 5.97. The van der Waals surface area contributed by atoms with Crippen molar-refractivity contribution in [3.63, 3.8) is 0 Å². The van der Waals surface area contributed by atoms with Gasteiger partial charge in [-0.3, -0.25) is 0 Å². The first-order valence-electron chi connectivity index (χ1n) is 3.77. The Morgan fingerprint density at radius 1 is 0.571 bits per heavy atom. The summed E-state index contributed by atoms with van der Waals surface area (Å²) in [6, 6.07) is 0. The molecule has 0 amide bonds. The smallest absolute Gasteiger partial charge is 0.670 e. The van der Waals surface area contributed by atoms with Crippen LogP contribution in [0.4, 0.5) is 0 Å². The Morgan fingerprint density at radius 2 is 0.857 bits per heavy atom. The molecule has 2 nitrogen and oxygen atoms in total. The van der Waals surface area contributed by atoms with E-state index >= 15 is 0 Å². The fourth-order valence-corrected chi connectivity index (χ4v) is 1.09. The number of nitrogens with zero attached hydrogens (tertiary/aromatic N) is 2. The van der Waals surface area contributed by atoms with Crippen LogP contribution in [0.3, 0.4) is 0 Å². The molecule has 0 unspecified atom stereocenters. The van der Waals surface area contributed by atoms with Crippen LogP contribution in [0.2, 0.25) is 0 Å². The summed E-state index contributed by atoms with van der Waals surface area (Å²) in [5.74, 6) is 0. The van der Waals surface area contributed by atoms with Crippen LogP contribution in [-0.2, 0) is 0 Å². The van der Waals surface area contributed by atoms with Crippen molar-refractivity contribution in [3.8, 4) is 0 Å². The van der Waals surface area contributed by atoms with Crippen LogP contribution in [-0.4, -0.2) is 0 Å². The maximum Gasteiger partial charge on any atom is 1.00 e. The summed E-state index contributed by atoms with van der Waals surface area (Å²) >= 11 is 0. The fraction of sp³-hybridized carbons (Fsp3) is 0. The molecular formula is C10H8K2N2. The molecule has 0 aromatic carbocycles. The van der Waals surface area contributed by atoms with Gasteiger partial charge in [0.2, 0.25) is 0 Å². The van der Waals surface area contributed by atoms with Crippen molar-refractivity contribution in [3.05, 3.63) is 70.9 Å². The molecule has 2 aliphatic heterocycles. The standard InChI is InChI=1S/C10H8N2.2K/c1-5-11-6-2-9(1)10-3-7-12-8-4-10;;/h1-8H;;/q-2;2*+1. The van der Waals surface area contributed by atoms with E-state index in [1.165, 1.54) is 11.1 Å². The van der Waals surface area contributed by atoms with Gasteiger partial charge in [0.25, 0.3) is 0 Å². The van der Waals surface area contributed by atoms with Crippen LogP contribution in [0, 0.1) is 0 Å². The van der Waals surface area contributed by atoms with E-state index < -0.39 is 0 Å². The van der Waals surface area contributed by atoms with E-state index in [0.717, 1.165) is 0 Å². The summed E-state index contributed by atoms with van der Waals surface area (Å²) < 4.78 is 0. The molecule has 4 heteroatoms. The quantitative estimate of drug-likeness (QED) is 0.403. The zero-order valence-corrected chi connectivity index (χ0v) is 14.8. The van der Waals surface area contributed by atoms with E-state index in [1.54, 1.807) is 24.8 Å². The minimum atomic E-state index is 0. The van der Waals surface area contributed by atoms with Gasteiger partial charge in [-0.15, -0.1) is 0 Å². The molecule has 2 rings (SSSR count). The summed E-state index contributed by atoms with van der Waals surface area (Å²) in [5.41, 5.74) is 2.35. The van der Waals surface area contributed by atoms with Crippen LogP contribution in [0.1, 0.15) is 0 Å². The van der Waals surface area contributed by atoms with Gasteiger partial charge in [0.1, 0.15) is 0 Å². The summed E-state index contributed by atoms with van der Waals surface area (Å²) in [4.78, 5) is 0. The molecule has 0 saturated carbocycles. The third-order valence-corrected chi connectivity index (χ3v) is 1.69. The van der Waals surface area contributed by atoms with E-state index in [0.29, 0.717) is 0 Å². The number of rotatable bonds is 0. The molecule has 60 valence electrons. The van der Waals surface area contributed by atoms with Crippen molar-refractivity contribution in [1.82, 2.24) is 0 Å². The molecule has 0 N–H and O–H groups in total. The number of hydrogen-bond donors (Lipinski definition) is 0. The second-order valence-corrected chi connectivity index (χ2v) is 2.47. The van der Waals surface area contributed by atoms with Gasteiger partial charge in [-0.2, -0.15) is 24.8 Å². The van der Waals surface area contributed by atoms with Gasteiger partial charge in [0, 0.05) is 0 Å². The average molecular weight is 234 g/mol. The van der Waals surface area contributed by atoms with Gasteiger partial charge < -0.3 is 10.6 Å². The molecule has 14 heavy (non-hydrogen) atoms. The molecule has 0 radical (unpaired) electrons. The Balaban J connectivity index is 0.000000845. The predicted molar refractivity (Wildman–Crippen MR) is 50.3 cm³/mol. The van der Waals surface area contributed by atoms with Crippen LogP contribution in [0.5, 0.6) is 0 Å². The molecule has 0 bridgehead atoms. The van der Waals surface area contributed by atoms with Gasteiger partial charge in [-0.05, 0) is 11.1 Å². The van der Waals surface area contributed by atoms with E-state index in [-0.39, 0.29) is 103 Å². The summed E-state index contributed by atoms with van der Waals surface area (Å²) in [6.45, 7) is 0. The molecule has 2 aliphatic rings. The summed E-state index contributed by atoms with van der Waals surface area (Å²) in [5, 5.41) is 7.91. The molecule has 0 aromatic heterocycles. The largest absolute Gasteiger partial charge is 1.00 e. The van der Waals surface area contributed by atoms with Gasteiger partial charge >= 0.3 is 103 Å². The molecular weight excluding hydrogens is 226 g/mol. The Hall–Kier alpha value is 1.57. The minimum Gasteiger partial charge on any atom is -0.670 e. The monoisotopic (exact) mass is 234 g/mol. The zero-order valence-electron chi connectivity index (χ0n) is 8.51. The average Bonchev–Trinajstić information content (AvgIpc) is 2.21. The van der Waals surface area contributed by atoms with Crippen molar-refractivity contribution in [2.45, 2.75) is 0 Å². The number of allylic oxidation sites excluding steroid dienone is 6. The Morgan fingerprint density at radius 3 is 1.14 bits per heavy atom. The van der Waals surface area contributed by atoms with Crippen molar-refractivity contribution in [2.75, 3.05) is 0 Å². The first-order valence-corrected chi connectivity index (χ1v) is 3.77. The Labute approximate surface area is 170 Å². The van der Waals surface area contributed by atoms with Gasteiger partial charge in [0.15, 0.2) is 0 Å². The number of hydrogen-bond acceptors (Lipinski definition) is 0. The van der Waals surface area contributed by atoms with E-state index in [9.17, 15) is 0 Å². The van der Waals surface area contributed by atoms with Crippen molar-refractivity contribution < 1.29 is 103 Å². The van der Waals surface area contributed by atoms with E-state index in [2.05, 4.69) is 10.6 Å².